The summed E-state index contributed by atoms with van der Waals surface area (Å²) in [6.07, 6.45) is 0.818. The number of ketones is 1. The van der Waals surface area contributed by atoms with E-state index in [0.29, 0.717) is 6.61 Å². The van der Waals surface area contributed by atoms with Crippen LogP contribution in [0.25, 0.3) is 0 Å². The first-order valence-electron chi connectivity index (χ1n) is 2.55. The number of rotatable bonds is 0. The lowest BCUT2D eigenvalue weighted by molar-refractivity contribution is -0.126. The van der Waals surface area contributed by atoms with Gasteiger partial charge in [-0.1, -0.05) is 15.9 Å². The van der Waals surface area contributed by atoms with Crippen LogP contribution in [0.4, 0.5) is 0 Å². The Morgan fingerprint density at radius 2 is 2.50 bits per heavy atom. The molecule has 1 saturated heterocycles. The van der Waals surface area contributed by atoms with Crippen LogP contribution in [0, 0.1) is 0 Å². The highest BCUT2D eigenvalue weighted by Gasteiger charge is 2.18. The summed E-state index contributed by atoms with van der Waals surface area (Å²) in [5.41, 5.74) is 0. The molecule has 2 nitrogen and oxygen atoms in total. The second-order valence-electron chi connectivity index (χ2n) is 1.78. The molecule has 46 valence electrons. The van der Waals surface area contributed by atoms with Gasteiger partial charge in [0, 0.05) is 6.61 Å². The second-order valence-corrected chi connectivity index (χ2v) is 2.88. The van der Waals surface area contributed by atoms with Crippen molar-refractivity contribution in [2.24, 2.45) is 0 Å². The number of carbonyl (C=O) groups excluding carboxylic acids is 1. The number of hydrogen-bond acceptors (Lipinski definition) is 2. The molecule has 0 saturated carbocycles. The SMILES string of the molecule is O=C1COCCC1Br. The summed E-state index contributed by atoms with van der Waals surface area (Å²) in [7, 11) is 0. The summed E-state index contributed by atoms with van der Waals surface area (Å²) in [6, 6.07) is 0. The van der Waals surface area contributed by atoms with Crippen LogP contribution in [0.2, 0.25) is 0 Å². The highest BCUT2D eigenvalue weighted by atomic mass is 79.9. The Labute approximate surface area is 56.3 Å². The second kappa shape index (κ2) is 2.60. The zero-order valence-corrected chi connectivity index (χ0v) is 5.98. The van der Waals surface area contributed by atoms with Crippen molar-refractivity contribution in [3.8, 4) is 0 Å². The van der Waals surface area contributed by atoms with Gasteiger partial charge in [-0.3, -0.25) is 4.79 Å². The molecule has 1 fully saturated rings. The molecule has 1 aliphatic rings. The number of carbonyl (C=O) groups is 1. The quantitative estimate of drug-likeness (QED) is 0.512. The van der Waals surface area contributed by atoms with Crippen molar-refractivity contribution >= 4 is 21.7 Å². The maximum atomic E-state index is 10.6. The number of ether oxygens (including phenoxy) is 1. The Balaban J connectivity index is 2.39. The maximum absolute atomic E-state index is 10.6. The topological polar surface area (TPSA) is 26.3 Å². The van der Waals surface area contributed by atoms with Crippen molar-refractivity contribution in [3.05, 3.63) is 0 Å². The molecule has 0 aliphatic carbocycles. The molecule has 0 amide bonds. The highest BCUT2D eigenvalue weighted by Crippen LogP contribution is 2.10. The molecule has 8 heavy (non-hydrogen) atoms. The number of Topliss-reactive ketones (excluding diaryl/α,β-unsaturated/α-hetero) is 1. The summed E-state index contributed by atoms with van der Waals surface area (Å²) in [6.45, 7) is 0.998. The van der Waals surface area contributed by atoms with Crippen LogP contribution in [-0.4, -0.2) is 23.8 Å². The largest absolute Gasteiger partial charge is 0.374 e. The van der Waals surface area contributed by atoms with Crippen LogP contribution in [-0.2, 0) is 9.53 Å². The number of alkyl halides is 1. The van der Waals surface area contributed by atoms with Crippen molar-refractivity contribution in [2.75, 3.05) is 13.2 Å². The lowest BCUT2D eigenvalue weighted by atomic mass is 10.2. The van der Waals surface area contributed by atoms with Gasteiger partial charge in [0.25, 0.3) is 0 Å². The molecule has 0 bridgehead atoms. The zero-order chi connectivity index (χ0) is 5.98. The van der Waals surface area contributed by atoms with Gasteiger partial charge in [0.1, 0.15) is 6.61 Å². The Kier molecular flexibility index (Phi) is 2.02. The molecule has 1 heterocycles. The molecule has 1 aliphatic heterocycles. The van der Waals surface area contributed by atoms with E-state index < -0.39 is 0 Å². The van der Waals surface area contributed by atoms with E-state index in [1.807, 2.05) is 0 Å². The highest BCUT2D eigenvalue weighted by molar-refractivity contribution is 9.10. The molecule has 0 aromatic rings. The van der Waals surface area contributed by atoms with E-state index >= 15 is 0 Å². The molecule has 0 aromatic carbocycles. The monoisotopic (exact) mass is 178 g/mol. The van der Waals surface area contributed by atoms with Crippen molar-refractivity contribution < 1.29 is 9.53 Å². The standard InChI is InChI=1S/C5H7BrO2/c6-4-1-2-8-3-5(4)7/h4H,1-3H2. The fourth-order valence-corrected chi connectivity index (χ4v) is 0.930. The van der Waals surface area contributed by atoms with Gasteiger partial charge in [-0.2, -0.15) is 0 Å². The third-order valence-corrected chi connectivity index (χ3v) is 2.08. The lowest BCUT2D eigenvalue weighted by Crippen LogP contribution is -2.27. The van der Waals surface area contributed by atoms with Gasteiger partial charge in [0.2, 0.25) is 0 Å². The van der Waals surface area contributed by atoms with Gasteiger partial charge in [-0.25, -0.2) is 0 Å². The molecule has 1 unspecified atom stereocenters. The van der Waals surface area contributed by atoms with Crippen LogP contribution < -0.4 is 0 Å². The van der Waals surface area contributed by atoms with Crippen molar-refractivity contribution in [2.45, 2.75) is 11.2 Å². The number of hydrogen-bond donors (Lipinski definition) is 0. The molecule has 3 heteroatoms. The Hall–Kier alpha value is 0.110. The Morgan fingerprint density at radius 1 is 1.75 bits per heavy atom. The minimum Gasteiger partial charge on any atom is -0.374 e. The molecule has 0 N–H and O–H groups in total. The van der Waals surface area contributed by atoms with E-state index in [-0.39, 0.29) is 17.2 Å². The van der Waals surface area contributed by atoms with Crippen LogP contribution in [0.1, 0.15) is 6.42 Å². The summed E-state index contributed by atoms with van der Waals surface area (Å²) < 4.78 is 4.87. The van der Waals surface area contributed by atoms with E-state index in [2.05, 4.69) is 15.9 Å². The molecular formula is C5H7BrO2. The van der Waals surface area contributed by atoms with E-state index in [4.69, 9.17) is 4.74 Å². The van der Waals surface area contributed by atoms with Gasteiger partial charge in [0.05, 0.1) is 4.83 Å². The van der Waals surface area contributed by atoms with Gasteiger partial charge in [0.15, 0.2) is 5.78 Å². The maximum Gasteiger partial charge on any atom is 0.172 e. The third-order valence-electron chi connectivity index (χ3n) is 1.11. The van der Waals surface area contributed by atoms with Gasteiger partial charge < -0.3 is 4.74 Å². The van der Waals surface area contributed by atoms with Gasteiger partial charge in [-0.15, -0.1) is 0 Å². The van der Waals surface area contributed by atoms with E-state index in [9.17, 15) is 4.79 Å². The summed E-state index contributed by atoms with van der Waals surface area (Å²) in [5.74, 6) is 0.163. The molecule has 1 atom stereocenters. The predicted octanol–water partition coefficient (Wildman–Crippen LogP) is 0.739. The summed E-state index contributed by atoms with van der Waals surface area (Å²) >= 11 is 3.22. The lowest BCUT2D eigenvalue weighted by Gasteiger charge is -2.14. The average molecular weight is 179 g/mol. The van der Waals surface area contributed by atoms with Crippen LogP contribution in [0.3, 0.4) is 0 Å². The van der Waals surface area contributed by atoms with E-state index in [1.54, 1.807) is 0 Å². The first-order valence-corrected chi connectivity index (χ1v) is 3.47. The fourth-order valence-electron chi connectivity index (χ4n) is 0.611. The molecule has 0 radical (unpaired) electrons. The molecule has 1 rings (SSSR count). The first-order chi connectivity index (χ1) is 3.80. The van der Waals surface area contributed by atoms with Crippen LogP contribution in [0.5, 0.6) is 0 Å². The van der Waals surface area contributed by atoms with Gasteiger partial charge >= 0.3 is 0 Å². The Morgan fingerprint density at radius 3 is 2.88 bits per heavy atom. The summed E-state index contributed by atoms with van der Waals surface area (Å²) in [5, 5.41) is 0. The van der Waals surface area contributed by atoms with Gasteiger partial charge in [-0.05, 0) is 6.42 Å². The predicted molar refractivity (Wildman–Crippen MR) is 33.2 cm³/mol. The fraction of sp³-hybridized carbons (Fsp3) is 0.800. The zero-order valence-electron chi connectivity index (χ0n) is 4.39. The Bertz CT molecular complexity index is 103. The molecular weight excluding hydrogens is 172 g/mol. The minimum absolute atomic E-state index is 0.0521. The summed E-state index contributed by atoms with van der Waals surface area (Å²) in [4.78, 5) is 10.7. The van der Waals surface area contributed by atoms with Crippen molar-refractivity contribution in [1.82, 2.24) is 0 Å². The first kappa shape index (κ1) is 6.23. The molecule has 0 aromatic heterocycles. The van der Waals surface area contributed by atoms with E-state index in [0.717, 1.165) is 6.42 Å². The smallest absolute Gasteiger partial charge is 0.172 e. The molecule has 0 spiro atoms. The third kappa shape index (κ3) is 1.29. The van der Waals surface area contributed by atoms with Crippen LogP contribution in [0.15, 0.2) is 0 Å². The van der Waals surface area contributed by atoms with E-state index in [1.165, 1.54) is 0 Å². The normalized spacial score (nSPS) is 30.6. The number of halogens is 1. The minimum atomic E-state index is 0.0521. The average Bonchev–Trinajstić information content (AvgIpc) is 1.77. The van der Waals surface area contributed by atoms with Crippen LogP contribution >= 0.6 is 15.9 Å². The van der Waals surface area contributed by atoms with Crippen molar-refractivity contribution in [1.29, 1.82) is 0 Å². The van der Waals surface area contributed by atoms with Crippen molar-refractivity contribution in [3.63, 3.8) is 0 Å².